The number of benzene rings is 4. The van der Waals surface area contributed by atoms with Gasteiger partial charge in [0.15, 0.2) is 0 Å². The second kappa shape index (κ2) is 13.2. The van der Waals surface area contributed by atoms with E-state index in [0.29, 0.717) is 17.0 Å². The maximum atomic E-state index is 15.3. The SMILES string of the molecule is Cc1ccc(NN2C(=O)C3CC4C(=CCC5C(=O)N(c6cccc(C(=O)O)c6)C(=O)C54)C(c4ccc(OCCO)cc4)C3(c3ccccc3)C2=O)cc1. The topological polar surface area (TPSA) is 154 Å². The van der Waals surface area contributed by atoms with Crippen molar-refractivity contribution in [1.29, 1.82) is 0 Å². The summed E-state index contributed by atoms with van der Waals surface area (Å²) in [7, 11) is 0. The Balaban J connectivity index is 1.29. The van der Waals surface area contributed by atoms with E-state index in [1.165, 1.54) is 18.2 Å². The number of nitrogens with zero attached hydrogens (tertiary/aromatic N) is 2. The molecule has 0 aromatic heterocycles. The summed E-state index contributed by atoms with van der Waals surface area (Å²) in [5.41, 5.74) is 5.58. The molecule has 0 bridgehead atoms. The number of carboxylic acids is 1. The van der Waals surface area contributed by atoms with E-state index in [1.807, 2.05) is 67.6 Å². The van der Waals surface area contributed by atoms with Crippen LogP contribution in [-0.2, 0) is 24.6 Å². The maximum absolute atomic E-state index is 15.3. The van der Waals surface area contributed by atoms with Crippen molar-refractivity contribution in [2.45, 2.75) is 31.1 Å². The fourth-order valence-corrected chi connectivity index (χ4v) is 9.07. The predicted octanol–water partition coefficient (Wildman–Crippen LogP) is 5.25. The van der Waals surface area contributed by atoms with Gasteiger partial charge in [-0.3, -0.25) is 29.5 Å². The summed E-state index contributed by atoms with van der Waals surface area (Å²) in [6.45, 7) is 1.89. The fourth-order valence-electron chi connectivity index (χ4n) is 9.07. The average molecular weight is 712 g/mol. The minimum absolute atomic E-state index is 0.0511. The number of aryl methyl sites for hydroxylation is 1. The molecule has 4 aromatic carbocycles. The largest absolute Gasteiger partial charge is 0.491 e. The number of nitrogens with one attached hydrogen (secondary N) is 1. The smallest absolute Gasteiger partial charge is 0.335 e. The molecule has 11 heteroatoms. The summed E-state index contributed by atoms with van der Waals surface area (Å²) >= 11 is 0. The van der Waals surface area contributed by atoms with Crippen LogP contribution in [0.15, 0.2) is 115 Å². The molecule has 8 rings (SSSR count). The van der Waals surface area contributed by atoms with Crippen LogP contribution in [0.4, 0.5) is 11.4 Å². The van der Waals surface area contributed by atoms with Gasteiger partial charge < -0.3 is 14.9 Å². The quantitative estimate of drug-likeness (QED) is 0.156. The third kappa shape index (κ3) is 5.33. The Hall–Kier alpha value is -6.07. The van der Waals surface area contributed by atoms with Crippen LogP contribution in [0.5, 0.6) is 5.75 Å². The lowest BCUT2D eigenvalue weighted by atomic mass is 9.49. The van der Waals surface area contributed by atoms with E-state index >= 15 is 4.79 Å². The fraction of sp³-hybridized carbons (Fsp3) is 0.262. The van der Waals surface area contributed by atoms with Gasteiger partial charge in [-0.15, -0.1) is 0 Å². The van der Waals surface area contributed by atoms with Gasteiger partial charge in [0.2, 0.25) is 11.8 Å². The molecular formula is C42H37N3O8. The summed E-state index contributed by atoms with van der Waals surface area (Å²) in [4.78, 5) is 71.5. The van der Waals surface area contributed by atoms with Gasteiger partial charge in [-0.1, -0.05) is 77.9 Å². The van der Waals surface area contributed by atoms with Crippen molar-refractivity contribution in [3.05, 3.63) is 137 Å². The van der Waals surface area contributed by atoms with E-state index in [2.05, 4.69) is 5.43 Å². The minimum atomic E-state index is -1.42. The first-order valence-electron chi connectivity index (χ1n) is 17.7. The summed E-state index contributed by atoms with van der Waals surface area (Å²) in [6.07, 6.45) is 2.34. The van der Waals surface area contributed by atoms with Crippen LogP contribution in [0.1, 0.15) is 45.8 Å². The van der Waals surface area contributed by atoms with Crippen LogP contribution in [0.2, 0.25) is 0 Å². The molecular weight excluding hydrogens is 674 g/mol. The number of fused-ring (bicyclic) bond motifs is 4. The van der Waals surface area contributed by atoms with Crippen molar-refractivity contribution >= 4 is 41.0 Å². The Morgan fingerprint density at radius 3 is 2.30 bits per heavy atom. The molecule has 2 heterocycles. The van der Waals surface area contributed by atoms with Crippen LogP contribution in [-0.4, -0.2) is 58.0 Å². The number of hydrogen-bond donors (Lipinski definition) is 3. The molecule has 4 aliphatic rings. The van der Waals surface area contributed by atoms with E-state index in [1.54, 1.807) is 30.3 Å². The van der Waals surface area contributed by atoms with Crippen molar-refractivity contribution < 1.29 is 38.9 Å². The van der Waals surface area contributed by atoms with Gasteiger partial charge in [0.25, 0.3) is 11.8 Å². The van der Waals surface area contributed by atoms with Crippen molar-refractivity contribution in [2.75, 3.05) is 23.5 Å². The van der Waals surface area contributed by atoms with Crippen molar-refractivity contribution in [3.8, 4) is 5.75 Å². The number of allylic oxidation sites excluding steroid dienone is 2. The average Bonchev–Trinajstić information content (AvgIpc) is 3.56. The van der Waals surface area contributed by atoms with Crippen molar-refractivity contribution in [1.82, 2.24) is 5.01 Å². The van der Waals surface area contributed by atoms with E-state index in [4.69, 9.17) is 4.74 Å². The molecule has 2 aliphatic heterocycles. The van der Waals surface area contributed by atoms with Gasteiger partial charge in [0, 0.05) is 5.92 Å². The van der Waals surface area contributed by atoms with Crippen LogP contribution >= 0.6 is 0 Å². The lowest BCUT2D eigenvalue weighted by Crippen LogP contribution is -2.53. The van der Waals surface area contributed by atoms with E-state index < -0.39 is 64.6 Å². The number of hydrazine groups is 1. The normalized spacial score (nSPS) is 26.2. The molecule has 3 N–H and O–H groups in total. The zero-order valence-corrected chi connectivity index (χ0v) is 28.8. The van der Waals surface area contributed by atoms with Gasteiger partial charge >= 0.3 is 5.97 Å². The highest BCUT2D eigenvalue weighted by Gasteiger charge is 2.70. The van der Waals surface area contributed by atoms with Crippen molar-refractivity contribution in [2.24, 2.45) is 23.7 Å². The number of aliphatic hydroxyl groups is 1. The molecule has 53 heavy (non-hydrogen) atoms. The number of rotatable bonds is 9. The lowest BCUT2D eigenvalue weighted by molar-refractivity contribution is -0.138. The summed E-state index contributed by atoms with van der Waals surface area (Å²) in [5, 5.41) is 20.1. The highest BCUT2D eigenvalue weighted by molar-refractivity contribution is 6.23. The lowest BCUT2D eigenvalue weighted by Gasteiger charge is -2.50. The molecule has 6 atom stereocenters. The first-order chi connectivity index (χ1) is 25.6. The van der Waals surface area contributed by atoms with Gasteiger partial charge in [0.05, 0.1) is 46.7 Å². The highest BCUT2D eigenvalue weighted by atomic mass is 16.5. The van der Waals surface area contributed by atoms with Crippen LogP contribution in [0.3, 0.4) is 0 Å². The van der Waals surface area contributed by atoms with E-state index in [-0.39, 0.29) is 37.3 Å². The number of carbonyl (C=O) groups is 5. The molecule has 2 aliphatic carbocycles. The number of amides is 4. The molecule has 3 fully saturated rings. The Morgan fingerprint density at radius 1 is 0.868 bits per heavy atom. The second-order valence-corrected chi connectivity index (χ2v) is 14.1. The van der Waals surface area contributed by atoms with Gasteiger partial charge in [-0.25, -0.2) is 4.79 Å². The zero-order valence-electron chi connectivity index (χ0n) is 28.8. The number of hydrogen-bond acceptors (Lipinski definition) is 8. The molecule has 1 saturated carbocycles. The van der Waals surface area contributed by atoms with Gasteiger partial charge in [-0.2, -0.15) is 5.01 Å². The van der Waals surface area contributed by atoms with Gasteiger partial charge in [-0.05, 0) is 79.3 Å². The molecule has 2 saturated heterocycles. The summed E-state index contributed by atoms with van der Waals surface area (Å²) < 4.78 is 5.66. The number of carbonyl (C=O) groups excluding carboxylic acids is 4. The molecule has 4 aromatic rings. The van der Waals surface area contributed by atoms with E-state index in [0.717, 1.165) is 26.6 Å². The first-order valence-corrected chi connectivity index (χ1v) is 17.7. The van der Waals surface area contributed by atoms with Gasteiger partial charge in [0.1, 0.15) is 12.4 Å². The number of carboxylic acid groups (broad SMARTS) is 1. The Kier molecular flexibility index (Phi) is 8.45. The van der Waals surface area contributed by atoms with Crippen LogP contribution in [0.25, 0.3) is 0 Å². The number of imide groups is 2. The number of anilines is 2. The minimum Gasteiger partial charge on any atom is -0.491 e. The van der Waals surface area contributed by atoms with E-state index in [9.17, 15) is 29.4 Å². The Labute approximate surface area is 305 Å². The highest BCUT2D eigenvalue weighted by Crippen LogP contribution is 2.64. The van der Waals surface area contributed by atoms with Crippen molar-refractivity contribution in [3.63, 3.8) is 0 Å². The molecule has 4 amide bonds. The predicted molar refractivity (Wildman–Crippen MR) is 194 cm³/mol. The van der Waals surface area contributed by atoms with Crippen LogP contribution < -0.4 is 15.1 Å². The third-order valence-corrected chi connectivity index (χ3v) is 11.3. The standard InChI is InChI=1S/C42H37N3O8/c1-24-10-14-28(15-11-24)43-45-38(48)34-23-33-31(18-19-32-35(33)39(49)44(37(32)47)29-9-5-6-26(22-29)40(50)51)36(25-12-16-30(17-13-25)53-21-20-46)42(34,41(45)52)27-7-3-2-4-8-27/h2-18,22,32-36,43,46H,19-21,23H2,1H3,(H,50,51). The second-order valence-electron chi connectivity index (χ2n) is 14.1. The Bertz CT molecular complexity index is 2170. The molecule has 0 radical (unpaired) electrons. The maximum Gasteiger partial charge on any atom is 0.335 e. The molecule has 11 nitrogen and oxygen atoms in total. The zero-order chi connectivity index (χ0) is 37.0. The van der Waals surface area contributed by atoms with Crippen LogP contribution in [0, 0.1) is 30.6 Å². The number of aromatic carboxylic acids is 1. The first kappa shape index (κ1) is 34.0. The Morgan fingerprint density at radius 2 is 1.60 bits per heavy atom. The summed E-state index contributed by atoms with van der Waals surface area (Å²) in [5.74, 6) is -6.16. The number of aliphatic hydroxyl groups excluding tert-OH is 1. The number of ether oxygens (including phenoxy) is 1. The summed E-state index contributed by atoms with van der Waals surface area (Å²) in [6, 6.07) is 29.7. The molecule has 6 unspecified atom stereocenters. The monoisotopic (exact) mass is 711 g/mol. The molecule has 268 valence electrons. The third-order valence-electron chi connectivity index (χ3n) is 11.3. The molecule has 0 spiro atoms.